The molecule has 0 aliphatic rings. The lowest BCUT2D eigenvalue weighted by Gasteiger charge is -2.21. The zero-order valence-electron chi connectivity index (χ0n) is 19.8. The first-order chi connectivity index (χ1) is 16.4. The molecule has 7 nitrogen and oxygen atoms in total. The Morgan fingerprint density at radius 2 is 1.68 bits per heavy atom. The number of pyridine rings is 1. The number of aromatic nitrogens is 3. The lowest BCUT2D eigenvalue weighted by atomic mass is 10.0. The van der Waals surface area contributed by atoms with Crippen molar-refractivity contribution in [3.63, 3.8) is 0 Å². The van der Waals surface area contributed by atoms with Crippen molar-refractivity contribution in [3.05, 3.63) is 94.7 Å². The van der Waals surface area contributed by atoms with Gasteiger partial charge in [0.1, 0.15) is 6.61 Å². The number of aliphatic hydroxyl groups is 1. The third-order valence-electron chi connectivity index (χ3n) is 6.29. The van der Waals surface area contributed by atoms with Crippen molar-refractivity contribution < 1.29 is 9.90 Å². The first kappa shape index (κ1) is 23.4. The Balaban J connectivity index is 1.82. The van der Waals surface area contributed by atoms with E-state index in [0.29, 0.717) is 17.7 Å². The third-order valence-corrected chi connectivity index (χ3v) is 6.29. The normalized spacial score (nSPS) is 13.1. The van der Waals surface area contributed by atoms with Crippen LogP contribution in [0.3, 0.4) is 0 Å². The number of carbonyl (C=O) groups is 1. The SMILES string of the molecule is Cc1ccc(CC(CNC(=O)CO)n2c(=N)n(C(C)c3ccc(C)cc3)c3cccnc32)cc1. The summed E-state index contributed by atoms with van der Waals surface area (Å²) in [5.41, 5.74) is 6.45. The van der Waals surface area contributed by atoms with Gasteiger partial charge in [0, 0.05) is 12.7 Å². The number of carbonyl (C=O) groups excluding carboxylic acids is 1. The lowest BCUT2D eigenvalue weighted by Crippen LogP contribution is -2.38. The van der Waals surface area contributed by atoms with E-state index >= 15 is 0 Å². The highest BCUT2D eigenvalue weighted by molar-refractivity contribution is 5.77. The highest BCUT2D eigenvalue weighted by Gasteiger charge is 2.23. The number of benzene rings is 2. The summed E-state index contributed by atoms with van der Waals surface area (Å²) >= 11 is 0. The fourth-order valence-corrected chi connectivity index (χ4v) is 4.36. The molecule has 0 aliphatic carbocycles. The number of rotatable bonds is 8. The van der Waals surface area contributed by atoms with Gasteiger partial charge in [0.2, 0.25) is 11.5 Å². The summed E-state index contributed by atoms with van der Waals surface area (Å²) in [6, 6.07) is 20.2. The van der Waals surface area contributed by atoms with Gasteiger partial charge in [-0.3, -0.25) is 14.8 Å². The molecule has 2 unspecified atom stereocenters. The molecule has 4 aromatic rings. The monoisotopic (exact) mass is 457 g/mol. The second kappa shape index (κ2) is 10.1. The van der Waals surface area contributed by atoms with Gasteiger partial charge >= 0.3 is 0 Å². The molecule has 0 spiro atoms. The number of aryl methyl sites for hydroxylation is 2. The van der Waals surface area contributed by atoms with Crippen molar-refractivity contribution >= 4 is 17.1 Å². The van der Waals surface area contributed by atoms with Crippen LogP contribution in [-0.2, 0) is 11.2 Å². The molecule has 0 radical (unpaired) electrons. The molecule has 0 saturated carbocycles. The summed E-state index contributed by atoms with van der Waals surface area (Å²) in [6.07, 6.45) is 2.34. The van der Waals surface area contributed by atoms with Gasteiger partial charge < -0.3 is 15.0 Å². The van der Waals surface area contributed by atoms with E-state index in [4.69, 9.17) is 0 Å². The van der Waals surface area contributed by atoms with E-state index in [1.165, 1.54) is 11.1 Å². The number of nitrogens with zero attached hydrogens (tertiary/aromatic N) is 3. The van der Waals surface area contributed by atoms with Crippen LogP contribution in [0.1, 0.15) is 41.3 Å². The lowest BCUT2D eigenvalue weighted by molar-refractivity contribution is -0.123. The number of imidazole rings is 1. The first-order valence-electron chi connectivity index (χ1n) is 11.5. The Hall–Kier alpha value is -3.71. The van der Waals surface area contributed by atoms with Crippen LogP contribution in [0.2, 0.25) is 0 Å². The predicted octanol–water partition coefficient (Wildman–Crippen LogP) is 3.44. The van der Waals surface area contributed by atoms with Crippen LogP contribution < -0.4 is 10.9 Å². The smallest absolute Gasteiger partial charge is 0.245 e. The van der Waals surface area contributed by atoms with E-state index in [9.17, 15) is 15.3 Å². The number of fused-ring (bicyclic) bond motifs is 1. The summed E-state index contributed by atoms with van der Waals surface area (Å²) in [7, 11) is 0. The van der Waals surface area contributed by atoms with Gasteiger partial charge in [0.15, 0.2) is 5.65 Å². The van der Waals surface area contributed by atoms with Gasteiger partial charge in [0.25, 0.3) is 0 Å². The quantitative estimate of drug-likeness (QED) is 0.378. The Labute approximate surface area is 199 Å². The predicted molar refractivity (Wildman–Crippen MR) is 133 cm³/mol. The van der Waals surface area contributed by atoms with Crippen molar-refractivity contribution in [2.45, 2.75) is 39.3 Å². The number of hydrogen-bond acceptors (Lipinski definition) is 4. The maximum Gasteiger partial charge on any atom is 0.245 e. The third kappa shape index (κ3) is 4.79. The zero-order chi connectivity index (χ0) is 24.2. The van der Waals surface area contributed by atoms with E-state index in [-0.39, 0.29) is 18.6 Å². The zero-order valence-corrected chi connectivity index (χ0v) is 19.8. The summed E-state index contributed by atoms with van der Waals surface area (Å²) in [5, 5.41) is 21.2. The largest absolute Gasteiger partial charge is 0.387 e. The van der Waals surface area contributed by atoms with E-state index in [0.717, 1.165) is 16.6 Å². The van der Waals surface area contributed by atoms with Gasteiger partial charge in [-0.25, -0.2) is 4.98 Å². The molecular formula is C27H31N5O2. The summed E-state index contributed by atoms with van der Waals surface area (Å²) in [6.45, 7) is 5.90. The molecule has 0 aliphatic heterocycles. The molecule has 176 valence electrons. The Morgan fingerprint density at radius 3 is 2.32 bits per heavy atom. The van der Waals surface area contributed by atoms with Crippen molar-refractivity contribution in [3.8, 4) is 0 Å². The molecule has 2 heterocycles. The molecule has 34 heavy (non-hydrogen) atoms. The second-order valence-corrected chi connectivity index (χ2v) is 8.80. The maximum atomic E-state index is 11.9. The minimum Gasteiger partial charge on any atom is -0.387 e. The molecule has 0 saturated heterocycles. The highest BCUT2D eigenvalue weighted by atomic mass is 16.3. The van der Waals surface area contributed by atoms with E-state index < -0.39 is 12.5 Å². The average Bonchev–Trinajstić information content (AvgIpc) is 3.14. The molecular weight excluding hydrogens is 426 g/mol. The van der Waals surface area contributed by atoms with Crippen LogP contribution >= 0.6 is 0 Å². The Bertz CT molecular complexity index is 1340. The molecule has 2 atom stereocenters. The standard InChI is InChI=1S/C27H31N5O2/c1-18-6-10-21(11-7-18)15-23(16-30-25(34)17-33)32-26-24(5-4-14-29-26)31(27(32)28)20(3)22-12-8-19(2)9-13-22/h4-14,20,23,28,33H,15-17H2,1-3H3,(H,30,34). The molecule has 3 N–H and O–H groups in total. The molecule has 4 rings (SSSR count). The van der Waals surface area contributed by atoms with Gasteiger partial charge in [-0.15, -0.1) is 0 Å². The number of nitrogens with one attached hydrogen (secondary N) is 2. The average molecular weight is 458 g/mol. The molecule has 0 fully saturated rings. The van der Waals surface area contributed by atoms with Crippen LogP contribution in [0.25, 0.3) is 11.2 Å². The number of aliphatic hydroxyl groups excluding tert-OH is 1. The summed E-state index contributed by atoms with van der Waals surface area (Å²) in [5.74, 6) is -0.439. The van der Waals surface area contributed by atoms with Crippen LogP contribution in [-0.4, -0.2) is 38.3 Å². The summed E-state index contributed by atoms with van der Waals surface area (Å²) < 4.78 is 3.89. The molecule has 2 aromatic heterocycles. The molecule has 2 aromatic carbocycles. The van der Waals surface area contributed by atoms with Crippen molar-refractivity contribution in [1.29, 1.82) is 5.41 Å². The van der Waals surface area contributed by atoms with Gasteiger partial charge in [-0.05, 0) is 50.5 Å². The van der Waals surface area contributed by atoms with Gasteiger partial charge in [-0.1, -0.05) is 59.7 Å². The number of amides is 1. The van der Waals surface area contributed by atoms with E-state index in [1.807, 2.05) is 28.2 Å². The molecule has 0 bridgehead atoms. The fraction of sp³-hybridized carbons (Fsp3) is 0.296. The second-order valence-electron chi connectivity index (χ2n) is 8.80. The van der Waals surface area contributed by atoms with Crippen LogP contribution in [0.5, 0.6) is 0 Å². The van der Waals surface area contributed by atoms with Gasteiger partial charge in [-0.2, -0.15) is 0 Å². The van der Waals surface area contributed by atoms with Crippen LogP contribution in [0.15, 0.2) is 66.9 Å². The van der Waals surface area contributed by atoms with Crippen LogP contribution in [0, 0.1) is 19.3 Å². The maximum absolute atomic E-state index is 11.9. The minimum atomic E-state index is -0.569. The van der Waals surface area contributed by atoms with Crippen molar-refractivity contribution in [2.75, 3.05) is 13.2 Å². The minimum absolute atomic E-state index is 0.0758. The molecule has 1 amide bonds. The summed E-state index contributed by atoms with van der Waals surface area (Å²) in [4.78, 5) is 16.5. The fourth-order valence-electron chi connectivity index (χ4n) is 4.36. The van der Waals surface area contributed by atoms with Crippen molar-refractivity contribution in [1.82, 2.24) is 19.4 Å². The van der Waals surface area contributed by atoms with Gasteiger partial charge in [0.05, 0.1) is 17.6 Å². The van der Waals surface area contributed by atoms with Crippen molar-refractivity contribution in [2.24, 2.45) is 0 Å². The van der Waals surface area contributed by atoms with E-state index in [2.05, 4.69) is 72.7 Å². The Morgan fingerprint density at radius 1 is 1.03 bits per heavy atom. The number of hydrogen-bond donors (Lipinski definition) is 3. The molecule has 7 heteroatoms. The topological polar surface area (TPSA) is 95.9 Å². The first-order valence-corrected chi connectivity index (χ1v) is 11.5. The highest BCUT2D eigenvalue weighted by Crippen LogP contribution is 2.25. The Kier molecular flexibility index (Phi) is 6.93. The van der Waals surface area contributed by atoms with E-state index in [1.54, 1.807) is 6.20 Å². The van der Waals surface area contributed by atoms with Crippen LogP contribution in [0.4, 0.5) is 0 Å².